The maximum atomic E-state index is 14.1. The molecule has 1 aliphatic heterocycles. The summed E-state index contributed by atoms with van der Waals surface area (Å²) in [6.45, 7) is -2.69. The summed E-state index contributed by atoms with van der Waals surface area (Å²) in [6, 6.07) is 1.56. The molecule has 0 saturated carbocycles. The summed E-state index contributed by atoms with van der Waals surface area (Å²) in [7, 11) is 0. The molecule has 1 atom stereocenters. The van der Waals surface area contributed by atoms with Crippen molar-refractivity contribution in [3.05, 3.63) is 40.6 Å². The van der Waals surface area contributed by atoms with Crippen LogP contribution in [0.4, 0.5) is 19.0 Å². The van der Waals surface area contributed by atoms with E-state index in [2.05, 4.69) is 20.4 Å². The fraction of sp³-hybridized carbons (Fsp3) is 0.286. The second-order valence-electron chi connectivity index (χ2n) is 5.22. The summed E-state index contributed by atoms with van der Waals surface area (Å²) in [5.41, 5.74) is 5.03. The molecule has 8 nitrogen and oxygen atoms in total. The first-order chi connectivity index (χ1) is 12.3. The van der Waals surface area contributed by atoms with Crippen LogP contribution in [0.25, 0.3) is 0 Å². The Morgan fingerprint density at radius 3 is 2.88 bits per heavy atom. The van der Waals surface area contributed by atoms with E-state index in [9.17, 15) is 18.0 Å². The average Bonchev–Trinajstić information content (AvgIpc) is 2.99. The molecule has 2 aromatic rings. The Morgan fingerprint density at radius 1 is 1.46 bits per heavy atom. The fourth-order valence-corrected chi connectivity index (χ4v) is 2.51. The van der Waals surface area contributed by atoms with Gasteiger partial charge in [-0.1, -0.05) is 11.6 Å². The highest BCUT2D eigenvalue weighted by Crippen LogP contribution is 2.26. The number of hydrogen-bond acceptors (Lipinski definition) is 6. The van der Waals surface area contributed by atoms with Crippen LogP contribution in [0.1, 0.15) is 35.2 Å². The molecule has 0 aromatic carbocycles. The molecule has 0 radical (unpaired) electrons. The lowest BCUT2D eigenvalue weighted by molar-refractivity contribution is 0.0561. The van der Waals surface area contributed by atoms with Crippen molar-refractivity contribution in [2.45, 2.75) is 19.0 Å². The van der Waals surface area contributed by atoms with E-state index in [-0.39, 0.29) is 33.8 Å². The number of anilines is 1. The molecule has 3 heterocycles. The van der Waals surface area contributed by atoms with E-state index < -0.39 is 30.0 Å². The molecule has 2 aromatic heterocycles. The van der Waals surface area contributed by atoms with Crippen molar-refractivity contribution in [1.29, 1.82) is 0 Å². The molecule has 138 valence electrons. The van der Waals surface area contributed by atoms with Gasteiger partial charge >= 0.3 is 6.55 Å². The van der Waals surface area contributed by atoms with Crippen molar-refractivity contribution in [2.75, 3.05) is 11.9 Å². The average molecular weight is 389 g/mol. The zero-order valence-electron chi connectivity index (χ0n) is 13.0. The maximum Gasteiger partial charge on any atom is 0.333 e. The topological polar surface area (TPSA) is 107 Å². The lowest BCUT2D eigenvalue weighted by Gasteiger charge is -2.19. The molecule has 3 rings (SSSR count). The van der Waals surface area contributed by atoms with Crippen LogP contribution in [-0.2, 0) is 4.74 Å². The number of amides is 1. The molecular weight excluding hydrogens is 377 g/mol. The number of alkyl halides is 2. The number of pyridine rings is 1. The normalized spacial score (nSPS) is 17.0. The third-order valence-corrected chi connectivity index (χ3v) is 3.73. The quantitative estimate of drug-likeness (QED) is 0.836. The van der Waals surface area contributed by atoms with E-state index in [0.29, 0.717) is 6.42 Å². The smallest absolute Gasteiger partial charge is 0.333 e. The van der Waals surface area contributed by atoms with Crippen molar-refractivity contribution in [1.82, 2.24) is 14.8 Å². The summed E-state index contributed by atoms with van der Waals surface area (Å²) >= 11 is 5.74. The van der Waals surface area contributed by atoms with E-state index in [1.54, 1.807) is 0 Å². The largest absolute Gasteiger partial charge is 0.465 e. The van der Waals surface area contributed by atoms with Gasteiger partial charge in [-0.2, -0.15) is 13.9 Å². The maximum absolute atomic E-state index is 14.1. The number of rotatable bonds is 4. The minimum Gasteiger partial charge on any atom is -0.465 e. The molecule has 0 aliphatic carbocycles. The Hall–Kier alpha value is -2.82. The summed E-state index contributed by atoms with van der Waals surface area (Å²) in [5.74, 6) is -1.52. The summed E-state index contributed by atoms with van der Waals surface area (Å²) < 4.78 is 44.5. The Balaban J connectivity index is 1.83. The number of aromatic nitrogens is 3. The van der Waals surface area contributed by atoms with Gasteiger partial charge in [0.05, 0.1) is 17.8 Å². The molecule has 1 amide bonds. The molecule has 0 saturated heterocycles. The van der Waals surface area contributed by atoms with Crippen LogP contribution in [0.3, 0.4) is 0 Å². The zero-order chi connectivity index (χ0) is 18.8. The van der Waals surface area contributed by atoms with Crippen LogP contribution in [0.2, 0.25) is 5.02 Å². The Morgan fingerprint density at radius 2 is 2.23 bits per heavy atom. The van der Waals surface area contributed by atoms with Gasteiger partial charge in [0.1, 0.15) is 23.4 Å². The van der Waals surface area contributed by atoms with E-state index >= 15 is 0 Å². The molecular formula is C14H12ClF3N6O2. The van der Waals surface area contributed by atoms with Crippen LogP contribution in [-0.4, -0.2) is 33.3 Å². The number of carbonyl (C=O) groups is 1. The highest BCUT2D eigenvalue weighted by atomic mass is 35.5. The number of hydrogen-bond donors (Lipinski definition) is 2. The number of nitrogens with one attached hydrogen (secondary N) is 1. The number of amidine groups is 1. The number of carbonyl (C=O) groups excluding carboxylic acids is 1. The molecule has 0 fully saturated rings. The fourth-order valence-electron chi connectivity index (χ4n) is 2.29. The number of aliphatic imine (C=N–C) groups is 1. The number of ether oxygens (including phenoxy) is 1. The highest BCUT2D eigenvalue weighted by molar-refractivity contribution is 6.34. The third kappa shape index (κ3) is 3.72. The predicted octanol–water partition coefficient (Wildman–Crippen LogP) is 2.49. The highest BCUT2D eigenvalue weighted by Gasteiger charge is 2.23. The van der Waals surface area contributed by atoms with Crippen LogP contribution in [0, 0.1) is 5.82 Å². The Labute approximate surface area is 149 Å². The zero-order valence-corrected chi connectivity index (χ0v) is 13.8. The van der Waals surface area contributed by atoms with Crippen molar-refractivity contribution in [2.24, 2.45) is 10.7 Å². The van der Waals surface area contributed by atoms with Crippen LogP contribution >= 0.6 is 11.6 Å². The molecule has 0 spiro atoms. The monoisotopic (exact) mass is 388 g/mol. The van der Waals surface area contributed by atoms with E-state index in [4.69, 9.17) is 22.1 Å². The molecule has 3 N–H and O–H groups in total. The van der Waals surface area contributed by atoms with Crippen LogP contribution in [0.15, 0.2) is 23.3 Å². The van der Waals surface area contributed by atoms with Crippen LogP contribution in [0.5, 0.6) is 0 Å². The van der Waals surface area contributed by atoms with Crippen molar-refractivity contribution >= 4 is 29.3 Å². The number of nitrogens with zero attached hydrogens (tertiary/aromatic N) is 4. The molecule has 26 heavy (non-hydrogen) atoms. The van der Waals surface area contributed by atoms with Gasteiger partial charge in [-0.15, -0.1) is 0 Å². The van der Waals surface area contributed by atoms with Gasteiger partial charge in [-0.3, -0.25) is 4.79 Å². The van der Waals surface area contributed by atoms with E-state index in [0.717, 1.165) is 12.3 Å². The van der Waals surface area contributed by atoms with E-state index in [1.807, 2.05) is 0 Å². The number of halogens is 4. The predicted molar refractivity (Wildman–Crippen MR) is 85.6 cm³/mol. The molecule has 0 bridgehead atoms. The lowest BCUT2D eigenvalue weighted by Crippen LogP contribution is -2.24. The van der Waals surface area contributed by atoms with Gasteiger partial charge in [-0.05, 0) is 12.1 Å². The minimum atomic E-state index is -2.94. The van der Waals surface area contributed by atoms with Crippen molar-refractivity contribution in [3.63, 3.8) is 0 Å². The summed E-state index contributed by atoms with van der Waals surface area (Å²) in [4.78, 5) is 20.2. The summed E-state index contributed by atoms with van der Waals surface area (Å²) in [5, 5.41) is 5.49. The second-order valence-corrected chi connectivity index (χ2v) is 5.63. The third-order valence-electron chi connectivity index (χ3n) is 3.46. The minimum absolute atomic E-state index is 0.0191. The van der Waals surface area contributed by atoms with E-state index in [1.165, 1.54) is 6.07 Å². The van der Waals surface area contributed by atoms with Gasteiger partial charge in [0.25, 0.3) is 11.9 Å². The van der Waals surface area contributed by atoms with Gasteiger partial charge in [0.15, 0.2) is 5.69 Å². The van der Waals surface area contributed by atoms with Crippen molar-refractivity contribution < 1.29 is 22.7 Å². The second kappa shape index (κ2) is 7.20. The van der Waals surface area contributed by atoms with Gasteiger partial charge in [-0.25, -0.2) is 19.0 Å². The lowest BCUT2D eigenvalue weighted by atomic mass is 10.1. The SMILES string of the molecule is NC1=NC(c2nc(NC(=O)c3nn(C(F)F)cc3Cl)ccc2F)CCO1. The molecule has 1 unspecified atom stereocenters. The van der Waals surface area contributed by atoms with Gasteiger partial charge in [0, 0.05) is 6.42 Å². The van der Waals surface area contributed by atoms with Gasteiger partial charge in [0.2, 0.25) is 0 Å². The Kier molecular flexibility index (Phi) is 4.98. The van der Waals surface area contributed by atoms with Crippen molar-refractivity contribution in [3.8, 4) is 0 Å². The molecule has 1 aliphatic rings. The Bertz CT molecular complexity index is 872. The first-order valence-corrected chi connectivity index (χ1v) is 7.69. The molecule has 12 heteroatoms. The van der Waals surface area contributed by atoms with Crippen LogP contribution < -0.4 is 11.1 Å². The standard InChI is InChI=1S/C14H12ClF3N6O2/c15-6-5-24(13(17)18)23-10(6)12(25)22-9-2-1-7(16)11(21-9)8-3-4-26-14(19)20-8/h1-2,5,8,13H,3-4H2,(H2,19,20)(H,21,22,25). The first-order valence-electron chi connectivity index (χ1n) is 7.32. The van der Waals surface area contributed by atoms with Gasteiger partial charge < -0.3 is 15.8 Å². The first kappa shape index (κ1) is 18.0. The summed E-state index contributed by atoms with van der Waals surface area (Å²) in [6.07, 6.45) is 1.18. The number of nitrogens with two attached hydrogens (primary N) is 1.